The summed E-state index contributed by atoms with van der Waals surface area (Å²) in [4.78, 5) is 2.14. The van der Waals surface area contributed by atoms with E-state index in [2.05, 4.69) is 22.1 Å². The molecule has 0 amide bonds. The summed E-state index contributed by atoms with van der Waals surface area (Å²) in [7, 11) is 0. The van der Waals surface area contributed by atoms with Gasteiger partial charge in [-0.3, -0.25) is 4.68 Å². The molecule has 2 heterocycles. The van der Waals surface area contributed by atoms with Gasteiger partial charge < -0.3 is 10.0 Å². The van der Waals surface area contributed by atoms with Gasteiger partial charge in [0.2, 0.25) is 0 Å². The second-order valence-electron chi connectivity index (χ2n) is 5.53. The summed E-state index contributed by atoms with van der Waals surface area (Å²) in [6, 6.07) is 12.3. The van der Waals surface area contributed by atoms with Gasteiger partial charge in [-0.25, -0.2) is 0 Å². The van der Waals surface area contributed by atoms with Crippen molar-refractivity contribution in [1.82, 2.24) is 9.78 Å². The van der Waals surface area contributed by atoms with Crippen molar-refractivity contribution in [3.8, 4) is 0 Å². The van der Waals surface area contributed by atoms with Gasteiger partial charge in [0.15, 0.2) is 5.82 Å². The van der Waals surface area contributed by atoms with Gasteiger partial charge in [0, 0.05) is 25.4 Å². The van der Waals surface area contributed by atoms with Crippen LogP contribution in [-0.4, -0.2) is 33.6 Å². The van der Waals surface area contributed by atoms with E-state index < -0.39 is 5.60 Å². The molecule has 0 aliphatic carbocycles. The molecule has 1 atom stereocenters. The Morgan fingerprint density at radius 1 is 1.26 bits per heavy atom. The van der Waals surface area contributed by atoms with Crippen LogP contribution >= 0.6 is 0 Å². The van der Waals surface area contributed by atoms with Crippen molar-refractivity contribution in [1.29, 1.82) is 0 Å². The largest absolute Gasteiger partial charge is 0.388 e. The number of rotatable bonds is 3. The van der Waals surface area contributed by atoms with Crippen LogP contribution in [-0.2, 0) is 6.54 Å². The minimum Gasteiger partial charge on any atom is -0.388 e. The monoisotopic (exact) mass is 257 g/mol. The van der Waals surface area contributed by atoms with E-state index in [-0.39, 0.29) is 0 Å². The van der Waals surface area contributed by atoms with Gasteiger partial charge >= 0.3 is 0 Å². The quantitative estimate of drug-likeness (QED) is 0.913. The van der Waals surface area contributed by atoms with Gasteiger partial charge in [-0.05, 0) is 18.9 Å². The molecule has 1 unspecified atom stereocenters. The van der Waals surface area contributed by atoms with Crippen LogP contribution in [0.4, 0.5) is 5.82 Å². The number of nitrogens with zero attached hydrogens (tertiary/aromatic N) is 3. The van der Waals surface area contributed by atoms with Crippen LogP contribution in [0.3, 0.4) is 0 Å². The lowest BCUT2D eigenvalue weighted by atomic mass is 10.1. The highest BCUT2D eigenvalue weighted by atomic mass is 16.3. The highest BCUT2D eigenvalue weighted by Crippen LogP contribution is 2.24. The molecule has 0 bridgehead atoms. The average molecular weight is 257 g/mol. The number of aliphatic hydroxyl groups is 1. The number of hydrogen-bond donors (Lipinski definition) is 1. The molecular formula is C15H19N3O. The second-order valence-corrected chi connectivity index (χ2v) is 5.53. The Balaban J connectivity index is 1.70. The van der Waals surface area contributed by atoms with Crippen LogP contribution in [0.5, 0.6) is 0 Å². The Morgan fingerprint density at radius 2 is 2.05 bits per heavy atom. The fourth-order valence-electron chi connectivity index (χ4n) is 2.52. The van der Waals surface area contributed by atoms with E-state index in [1.165, 1.54) is 5.56 Å². The number of β-amino-alcohol motifs (C(OH)–C–C–N with tert-alkyl or cyclic N) is 1. The van der Waals surface area contributed by atoms with Crippen LogP contribution in [0.15, 0.2) is 42.6 Å². The number of hydrogen-bond acceptors (Lipinski definition) is 3. The Bertz CT molecular complexity index is 548. The third-order valence-corrected chi connectivity index (χ3v) is 3.59. The van der Waals surface area contributed by atoms with Gasteiger partial charge in [-0.15, -0.1) is 0 Å². The fourth-order valence-corrected chi connectivity index (χ4v) is 2.52. The smallest absolute Gasteiger partial charge is 0.150 e. The Hall–Kier alpha value is -1.81. The summed E-state index contributed by atoms with van der Waals surface area (Å²) in [5.74, 6) is 0.953. The molecule has 1 aliphatic heterocycles. The van der Waals surface area contributed by atoms with Crippen LogP contribution in [0.1, 0.15) is 18.9 Å². The molecule has 1 fully saturated rings. The van der Waals surface area contributed by atoms with Gasteiger partial charge in [0.05, 0.1) is 12.1 Å². The maximum Gasteiger partial charge on any atom is 0.150 e. The molecule has 1 saturated heterocycles. The summed E-state index contributed by atoms with van der Waals surface area (Å²) >= 11 is 0. The standard InChI is InChI=1S/C15H19N3O/c1-15(19)8-10-17(12-15)14-7-9-18(16-14)11-13-5-3-2-4-6-13/h2-7,9,19H,8,10-12H2,1H3. The van der Waals surface area contributed by atoms with E-state index in [4.69, 9.17) is 0 Å². The Morgan fingerprint density at radius 3 is 2.74 bits per heavy atom. The average Bonchev–Trinajstić information content (AvgIpc) is 2.97. The van der Waals surface area contributed by atoms with Crippen molar-refractivity contribution in [2.75, 3.05) is 18.0 Å². The third-order valence-electron chi connectivity index (χ3n) is 3.59. The molecule has 4 nitrogen and oxygen atoms in total. The summed E-state index contributed by atoms with van der Waals surface area (Å²) < 4.78 is 1.94. The maximum atomic E-state index is 9.99. The Kier molecular flexibility index (Phi) is 3.03. The summed E-state index contributed by atoms with van der Waals surface area (Å²) in [6.07, 6.45) is 2.80. The first-order chi connectivity index (χ1) is 9.12. The lowest BCUT2D eigenvalue weighted by Crippen LogP contribution is -2.29. The highest BCUT2D eigenvalue weighted by Gasteiger charge is 2.32. The Labute approximate surface area is 113 Å². The van der Waals surface area contributed by atoms with E-state index in [9.17, 15) is 5.11 Å². The lowest BCUT2D eigenvalue weighted by Gasteiger charge is -2.18. The normalized spacial score (nSPS) is 22.9. The van der Waals surface area contributed by atoms with Crippen LogP contribution in [0.25, 0.3) is 0 Å². The molecule has 19 heavy (non-hydrogen) atoms. The predicted octanol–water partition coefficient (Wildman–Crippen LogP) is 1.89. The molecule has 1 aliphatic rings. The van der Waals surface area contributed by atoms with Crippen LogP contribution in [0.2, 0.25) is 0 Å². The van der Waals surface area contributed by atoms with Crippen molar-refractivity contribution in [2.24, 2.45) is 0 Å². The minimum atomic E-state index is -0.580. The summed E-state index contributed by atoms with van der Waals surface area (Å²) in [5.41, 5.74) is 0.661. The van der Waals surface area contributed by atoms with Crippen LogP contribution in [0, 0.1) is 0 Å². The zero-order valence-corrected chi connectivity index (χ0v) is 11.2. The molecule has 1 N–H and O–H groups in total. The molecule has 3 rings (SSSR count). The van der Waals surface area contributed by atoms with Gasteiger partial charge in [0.25, 0.3) is 0 Å². The zero-order chi connectivity index (χ0) is 13.3. The molecular weight excluding hydrogens is 238 g/mol. The molecule has 4 heteroatoms. The maximum absolute atomic E-state index is 9.99. The van der Waals surface area contributed by atoms with Crippen molar-refractivity contribution >= 4 is 5.82 Å². The first-order valence-corrected chi connectivity index (χ1v) is 6.67. The van der Waals surface area contributed by atoms with Crippen molar-refractivity contribution in [3.05, 3.63) is 48.2 Å². The van der Waals surface area contributed by atoms with Crippen molar-refractivity contribution in [2.45, 2.75) is 25.5 Å². The SMILES string of the molecule is CC1(O)CCN(c2ccn(Cc3ccccc3)n2)C1. The van der Waals surface area contributed by atoms with E-state index in [0.717, 1.165) is 25.3 Å². The molecule has 100 valence electrons. The fraction of sp³-hybridized carbons (Fsp3) is 0.400. The van der Waals surface area contributed by atoms with Gasteiger partial charge in [-0.2, -0.15) is 5.10 Å². The molecule has 0 saturated carbocycles. The number of anilines is 1. The third kappa shape index (κ3) is 2.79. The van der Waals surface area contributed by atoms with Crippen molar-refractivity contribution < 1.29 is 5.11 Å². The van der Waals surface area contributed by atoms with Crippen molar-refractivity contribution in [3.63, 3.8) is 0 Å². The topological polar surface area (TPSA) is 41.3 Å². The highest BCUT2D eigenvalue weighted by molar-refractivity contribution is 5.39. The summed E-state index contributed by atoms with van der Waals surface area (Å²) in [5, 5.41) is 14.6. The number of benzene rings is 1. The van der Waals surface area contributed by atoms with E-state index in [1.54, 1.807) is 0 Å². The lowest BCUT2D eigenvalue weighted by molar-refractivity contribution is 0.0839. The molecule has 0 spiro atoms. The first-order valence-electron chi connectivity index (χ1n) is 6.67. The van der Waals surface area contributed by atoms with Gasteiger partial charge in [-0.1, -0.05) is 30.3 Å². The predicted molar refractivity (Wildman–Crippen MR) is 75.2 cm³/mol. The van der Waals surface area contributed by atoms with E-state index in [0.29, 0.717) is 6.54 Å². The summed E-state index contributed by atoms with van der Waals surface area (Å²) in [6.45, 7) is 4.20. The van der Waals surface area contributed by atoms with Crippen LogP contribution < -0.4 is 4.90 Å². The first kappa shape index (κ1) is 12.2. The zero-order valence-electron chi connectivity index (χ0n) is 11.2. The molecule has 0 radical (unpaired) electrons. The van der Waals surface area contributed by atoms with E-state index in [1.807, 2.05) is 42.1 Å². The minimum absolute atomic E-state index is 0.580. The van der Waals surface area contributed by atoms with E-state index >= 15 is 0 Å². The molecule has 1 aromatic carbocycles. The van der Waals surface area contributed by atoms with Gasteiger partial charge in [0.1, 0.15) is 0 Å². The molecule has 2 aromatic rings. The second kappa shape index (κ2) is 4.70. The number of aromatic nitrogens is 2. The molecule has 1 aromatic heterocycles.